The zero-order chi connectivity index (χ0) is 14.8. The van der Waals surface area contributed by atoms with E-state index in [-0.39, 0.29) is 11.3 Å². The van der Waals surface area contributed by atoms with E-state index in [1.54, 1.807) is 0 Å². The van der Waals surface area contributed by atoms with Gasteiger partial charge >= 0.3 is 0 Å². The van der Waals surface area contributed by atoms with Crippen LogP contribution in [0.1, 0.15) is 52.9 Å². The van der Waals surface area contributed by atoms with E-state index in [1.165, 1.54) is 0 Å². The van der Waals surface area contributed by atoms with Gasteiger partial charge in [-0.1, -0.05) is 27.2 Å². The lowest BCUT2D eigenvalue weighted by molar-refractivity contribution is -0.133. The molecule has 118 valence electrons. The predicted molar refractivity (Wildman–Crippen MR) is 82.7 cm³/mol. The largest absolute Gasteiger partial charge is 0.381 e. The molecule has 0 unspecified atom stereocenters. The Bertz CT molecular complexity index is 268. The molecule has 20 heavy (non-hydrogen) atoms. The Kier molecular flexibility index (Phi) is 8.15. The van der Waals surface area contributed by atoms with Gasteiger partial charge in [-0.3, -0.25) is 4.79 Å². The topological polar surface area (TPSA) is 50.4 Å². The predicted octanol–water partition coefficient (Wildman–Crippen LogP) is 2.34. The molecule has 0 aliphatic carbocycles. The first-order valence-electron chi connectivity index (χ1n) is 8.17. The summed E-state index contributed by atoms with van der Waals surface area (Å²) in [6.45, 7) is 10.7. The lowest BCUT2D eigenvalue weighted by Crippen LogP contribution is -2.47. The fraction of sp³-hybridized carbons (Fsp3) is 0.938. The molecule has 0 atom stereocenters. The van der Waals surface area contributed by atoms with Crippen LogP contribution in [-0.4, -0.2) is 38.8 Å². The van der Waals surface area contributed by atoms with Crippen molar-refractivity contribution in [3.05, 3.63) is 0 Å². The molecule has 0 spiro atoms. The number of hydrogen-bond acceptors (Lipinski definition) is 3. The minimum absolute atomic E-state index is 0.126. The van der Waals surface area contributed by atoms with Crippen molar-refractivity contribution in [1.82, 2.24) is 10.6 Å². The molecular weight excluding hydrogens is 252 g/mol. The summed E-state index contributed by atoms with van der Waals surface area (Å²) in [5.74, 6) is 0.830. The highest BCUT2D eigenvalue weighted by Gasteiger charge is 2.38. The molecule has 1 aliphatic heterocycles. The van der Waals surface area contributed by atoms with Crippen LogP contribution in [0.3, 0.4) is 0 Å². The van der Waals surface area contributed by atoms with Crippen LogP contribution in [0.2, 0.25) is 0 Å². The van der Waals surface area contributed by atoms with E-state index in [9.17, 15) is 4.79 Å². The molecule has 4 nitrogen and oxygen atoms in total. The van der Waals surface area contributed by atoms with Gasteiger partial charge in [-0.15, -0.1) is 0 Å². The molecule has 4 heteroatoms. The van der Waals surface area contributed by atoms with Gasteiger partial charge in [0.05, 0.1) is 5.41 Å². The summed E-state index contributed by atoms with van der Waals surface area (Å²) in [6, 6.07) is 0. The van der Waals surface area contributed by atoms with Gasteiger partial charge in [-0.25, -0.2) is 0 Å². The van der Waals surface area contributed by atoms with Gasteiger partial charge in [0, 0.05) is 19.8 Å². The molecule has 0 saturated carbocycles. The van der Waals surface area contributed by atoms with Crippen LogP contribution < -0.4 is 10.6 Å². The molecule has 0 radical (unpaired) electrons. The van der Waals surface area contributed by atoms with Crippen molar-refractivity contribution in [1.29, 1.82) is 0 Å². The normalized spacial score (nSPS) is 18.2. The standard InChI is InChI=1S/C16H32N2O2/c1-4-6-16(7-10-17-11-8-16)15(19)18-9-5-12-20-13-14(2)3/h14,17H,4-13H2,1-3H3,(H,18,19). The first kappa shape index (κ1) is 17.4. The number of hydrogen-bond donors (Lipinski definition) is 2. The van der Waals surface area contributed by atoms with Crippen molar-refractivity contribution in [2.45, 2.75) is 52.9 Å². The van der Waals surface area contributed by atoms with Crippen LogP contribution in [0.25, 0.3) is 0 Å². The van der Waals surface area contributed by atoms with E-state index in [0.717, 1.165) is 65.0 Å². The van der Waals surface area contributed by atoms with Gasteiger partial charge in [0.1, 0.15) is 0 Å². The molecule has 1 amide bonds. The van der Waals surface area contributed by atoms with Gasteiger partial charge in [-0.05, 0) is 44.7 Å². The Labute approximate surface area is 124 Å². The molecule has 1 heterocycles. The molecule has 1 fully saturated rings. The van der Waals surface area contributed by atoms with E-state index in [1.807, 2.05) is 0 Å². The third-order valence-corrected chi connectivity index (χ3v) is 3.97. The summed E-state index contributed by atoms with van der Waals surface area (Å²) in [7, 11) is 0. The highest BCUT2D eigenvalue weighted by atomic mass is 16.5. The molecule has 1 aliphatic rings. The van der Waals surface area contributed by atoms with E-state index in [0.29, 0.717) is 5.92 Å². The van der Waals surface area contributed by atoms with Gasteiger partial charge in [0.15, 0.2) is 0 Å². The van der Waals surface area contributed by atoms with Crippen molar-refractivity contribution in [3.63, 3.8) is 0 Å². The van der Waals surface area contributed by atoms with Crippen LogP contribution in [0.4, 0.5) is 0 Å². The Morgan fingerprint density at radius 3 is 2.65 bits per heavy atom. The maximum absolute atomic E-state index is 12.5. The van der Waals surface area contributed by atoms with Crippen molar-refractivity contribution in [3.8, 4) is 0 Å². The Hall–Kier alpha value is -0.610. The minimum Gasteiger partial charge on any atom is -0.381 e. The van der Waals surface area contributed by atoms with Crippen molar-refractivity contribution < 1.29 is 9.53 Å². The molecule has 0 bridgehead atoms. The Morgan fingerprint density at radius 1 is 1.35 bits per heavy atom. The zero-order valence-electron chi connectivity index (χ0n) is 13.5. The zero-order valence-corrected chi connectivity index (χ0v) is 13.5. The first-order chi connectivity index (χ1) is 9.60. The smallest absolute Gasteiger partial charge is 0.226 e. The molecule has 2 N–H and O–H groups in total. The van der Waals surface area contributed by atoms with Crippen molar-refractivity contribution >= 4 is 5.91 Å². The van der Waals surface area contributed by atoms with E-state index < -0.39 is 0 Å². The third kappa shape index (κ3) is 5.80. The Balaban J connectivity index is 2.25. The second-order valence-electron chi connectivity index (χ2n) is 6.36. The van der Waals surface area contributed by atoms with Crippen molar-refractivity contribution in [2.75, 3.05) is 32.8 Å². The van der Waals surface area contributed by atoms with Gasteiger partial charge in [0.2, 0.25) is 5.91 Å². The maximum atomic E-state index is 12.5. The molecule has 0 aromatic rings. The van der Waals surface area contributed by atoms with Crippen LogP contribution >= 0.6 is 0 Å². The minimum atomic E-state index is -0.126. The number of piperidine rings is 1. The number of nitrogens with one attached hydrogen (secondary N) is 2. The van der Waals surface area contributed by atoms with Crippen LogP contribution in [0, 0.1) is 11.3 Å². The highest BCUT2D eigenvalue weighted by Crippen LogP contribution is 2.34. The van der Waals surface area contributed by atoms with E-state index >= 15 is 0 Å². The fourth-order valence-corrected chi connectivity index (χ4v) is 2.86. The number of rotatable bonds is 9. The summed E-state index contributed by atoms with van der Waals surface area (Å²) in [6.07, 6.45) is 4.92. The van der Waals surface area contributed by atoms with Gasteiger partial charge in [-0.2, -0.15) is 0 Å². The lowest BCUT2D eigenvalue weighted by Gasteiger charge is -2.36. The number of amides is 1. The molecule has 0 aromatic carbocycles. The average molecular weight is 284 g/mol. The van der Waals surface area contributed by atoms with Crippen molar-refractivity contribution in [2.24, 2.45) is 11.3 Å². The summed E-state index contributed by atoms with van der Waals surface area (Å²) in [5.41, 5.74) is -0.126. The summed E-state index contributed by atoms with van der Waals surface area (Å²) in [5, 5.41) is 6.47. The summed E-state index contributed by atoms with van der Waals surface area (Å²) in [4.78, 5) is 12.5. The van der Waals surface area contributed by atoms with Crippen LogP contribution in [0.5, 0.6) is 0 Å². The van der Waals surface area contributed by atoms with Gasteiger partial charge < -0.3 is 15.4 Å². The summed E-state index contributed by atoms with van der Waals surface area (Å²) >= 11 is 0. The second kappa shape index (κ2) is 9.35. The van der Waals surface area contributed by atoms with E-state index in [2.05, 4.69) is 31.4 Å². The fourth-order valence-electron chi connectivity index (χ4n) is 2.86. The van der Waals surface area contributed by atoms with Crippen LogP contribution in [0.15, 0.2) is 0 Å². The van der Waals surface area contributed by atoms with Gasteiger partial charge in [0.25, 0.3) is 0 Å². The highest BCUT2D eigenvalue weighted by molar-refractivity contribution is 5.82. The molecule has 1 rings (SSSR count). The summed E-state index contributed by atoms with van der Waals surface area (Å²) < 4.78 is 5.53. The Morgan fingerprint density at radius 2 is 2.05 bits per heavy atom. The molecular formula is C16H32N2O2. The van der Waals surface area contributed by atoms with Crippen LogP contribution in [-0.2, 0) is 9.53 Å². The number of carbonyl (C=O) groups is 1. The molecule has 0 aromatic heterocycles. The number of ether oxygens (including phenoxy) is 1. The molecule has 1 saturated heterocycles. The monoisotopic (exact) mass is 284 g/mol. The SMILES string of the molecule is CCCC1(C(=O)NCCCOCC(C)C)CCNCC1. The number of carbonyl (C=O) groups excluding carboxylic acids is 1. The first-order valence-corrected chi connectivity index (χ1v) is 8.17. The third-order valence-electron chi connectivity index (χ3n) is 3.97. The second-order valence-corrected chi connectivity index (χ2v) is 6.36. The lowest BCUT2D eigenvalue weighted by atomic mass is 9.74. The van der Waals surface area contributed by atoms with E-state index in [4.69, 9.17) is 4.74 Å². The maximum Gasteiger partial charge on any atom is 0.226 e. The quantitative estimate of drug-likeness (QED) is 0.639. The average Bonchev–Trinajstić information content (AvgIpc) is 2.43.